The van der Waals surface area contributed by atoms with Crippen LogP contribution >= 0.6 is 0 Å². The lowest BCUT2D eigenvalue weighted by Gasteiger charge is -2.09. The van der Waals surface area contributed by atoms with E-state index in [1.807, 2.05) is 19.1 Å². The van der Waals surface area contributed by atoms with Gasteiger partial charge in [0, 0.05) is 18.3 Å². The number of ether oxygens (including phenoxy) is 1. The molecule has 19 heavy (non-hydrogen) atoms. The molecule has 0 unspecified atom stereocenters. The molecule has 0 heterocycles. The minimum absolute atomic E-state index is 0.125. The highest BCUT2D eigenvalue weighted by Gasteiger charge is 2.09. The SMILES string of the molecule is CNC(=O)c1cc(Oc2ccc(N)cc2)ccc1C. The average molecular weight is 256 g/mol. The molecule has 0 aliphatic heterocycles. The summed E-state index contributed by atoms with van der Waals surface area (Å²) in [5.41, 5.74) is 7.81. The summed E-state index contributed by atoms with van der Waals surface area (Å²) in [4.78, 5) is 11.7. The van der Waals surface area contributed by atoms with Gasteiger partial charge in [-0.25, -0.2) is 0 Å². The molecule has 0 spiro atoms. The van der Waals surface area contributed by atoms with Gasteiger partial charge in [0.15, 0.2) is 0 Å². The molecule has 0 aliphatic carbocycles. The van der Waals surface area contributed by atoms with Crippen molar-refractivity contribution in [3.63, 3.8) is 0 Å². The van der Waals surface area contributed by atoms with Crippen molar-refractivity contribution in [1.82, 2.24) is 5.32 Å². The summed E-state index contributed by atoms with van der Waals surface area (Å²) in [6.45, 7) is 1.89. The van der Waals surface area contributed by atoms with Gasteiger partial charge in [-0.3, -0.25) is 4.79 Å². The normalized spacial score (nSPS) is 10.0. The first-order valence-corrected chi connectivity index (χ1v) is 5.96. The Morgan fingerprint density at radius 3 is 2.37 bits per heavy atom. The molecule has 2 rings (SSSR count). The largest absolute Gasteiger partial charge is 0.457 e. The number of benzene rings is 2. The highest BCUT2D eigenvalue weighted by atomic mass is 16.5. The van der Waals surface area contributed by atoms with Crippen molar-refractivity contribution in [3.8, 4) is 11.5 Å². The highest BCUT2D eigenvalue weighted by Crippen LogP contribution is 2.24. The van der Waals surface area contributed by atoms with Crippen LogP contribution in [0.2, 0.25) is 0 Å². The second-order valence-corrected chi connectivity index (χ2v) is 4.23. The quantitative estimate of drug-likeness (QED) is 0.830. The predicted molar refractivity (Wildman–Crippen MR) is 75.5 cm³/mol. The molecule has 0 radical (unpaired) electrons. The number of carbonyl (C=O) groups is 1. The summed E-state index contributed by atoms with van der Waals surface area (Å²) in [6, 6.07) is 12.5. The Balaban J connectivity index is 2.26. The number of anilines is 1. The first-order valence-electron chi connectivity index (χ1n) is 5.96. The lowest BCUT2D eigenvalue weighted by atomic mass is 10.1. The standard InChI is InChI=1S/C15H16N2O2/c1-10-3-6-13(9-14(10)15(18)17-2)19-12-7-4-11(16)5-8-12/h3-9H,16H2,1-2H3,(H,17,18). The Labute approximate surface area is 112 Å². The highest BCUT2D eigenvalue weighted by molar-refractivity contribution is 5.95. The van der Waals surface area contributed by atoms with Crippen molar-refractivity contribution < 1.29 is 9.53 Å². The maximum Gasteiger partial charge on any atom is 0.251 e. The Bertz CT molecular complexity index is 592. The molecule has 0 bridgehead atoms. The third-order valence-corrected chi connectivity index (χ3v) is 2.80. The molecule has 0 aromatic heterocycles. The van der Waals surface area contributed by atoms with Gasteiger partial charge >= 0.3 is 0 Å². The van der Waals surface area contributed by atoms with E-state index in [1.165, 1.54) is 0 Å². The molecule has 0 saturated heterocycles. The van der Waals surface area contributed by atoms with Crippen molar-refractivity contribution >= 4 is 11.6 Å². The Hall–Kier alpha value is -2.49. The first-order chi connectivity index (χ1) is 9.10. The molecule has 0 atom stereocenters. The number of amides is 1. The summed E-state index contributed by atoms with van der Waals surface area (Å²) in [5, 5.41) is 2.61. The maximum atomic E-state index is 11.7. The number of nitrogens with one attached hydrogen (secondary N) is 1. The Morgan fingerprint density at radius 1 is 1.11 bits per heavy atom. The van der Waals surface area contributed by atoms with Gasteiger partial charge in [-0.05, 0) is 48.9 Å². The third kappa shape index (κ3) is 3.04. The minimum atomic E-state index is -0.125. The fourth-order valence-electron chi connectivity index (χ4n) is 1.72. The number of hydrogen-bond donors (Lipinski definition) is 2. The summed E-state index contributed by atoms with van der Waals surface area (Å²) < 4.78 is 5.69. The summed E-state index contributed by atoms with van der Waals surface area (Å²) in [5.74, 6) is 1.18. The van der Waals surface area contributed by atoms with Gasteiger partial charge in [-0.1, -0.05) is 6.07 Å². The van der Waals surface area contributed by atoms with Gasteiger partial charge in [0.05, 0.1) is 0 Å². The molecular formula is C15H16N2O2. The van der Waals surface area contributed by atoms with Crippen molar-refractivity contribution in [2.45, 2.75) is 6.92 Å². The van der Waals surface area contributed by atoms with Crippen LogP contribution in [0.3, 0.4) is 0 Å². The molecule has 4 nitrogen and oxygen atoms in total. The lowest BCUT2D eigenvalue weighted by molar-refractivity contribution is 0.0962. The van der Waals surface area contributed by atoms with Crippen LogP contribution in [0, 0.1) is 6.92 Å². The third-order valence-electron chi connectivity index (χ3n) is 2.80. The van der Waals surface area contributed by atoms with E-state index in [1.54, 1.807) is 37.4 Å². The van der Waals surface area contributed by atoms with Crippen LogP contribution in [-0.4, -0.2) is 13.0 Å². The fraction of sp³-hybridized carbons (Fsp3) is 0.133. The van der Waals surface area contributed by atoms with E-state index in [0.717, 1.165) is 5.56 Å². The van der Waals surface area contributed by atoms with Gasteiger partial charge in [0.1, 0.15) is 11.5 Å². The second kappa shape index (κ2) is 5.44. The summed E-state index contributed by atoms with van der Waals surface area (Å²) in [7, 11) is 1.61. The average Bonchev–Trinajstić information content (AvgIpc) is 2.42. The van der Waals surface area contributed by atoms with E-state index in [2.05, 4.69) is 5.32 Å². The number of rotatable bonds is 3. The molecule has 0 fully saturated rings. The molecule has 98 valence electrons. The fourth-order valence-corrected chi connectivity index (χ4v) is 1.72. The zero-order valence-corrected chi connectivity index (χ0v) is 10.9. The first kappa shape index (κ1) is 13.0. The van der Waals surface area contributed by atoms with Gasteiger partial charge in [-0.15, -0.1) is 0 Å². The van der Waals surface area contributed by atoms with Crippen molar-refractivity contribution in [2.75, 3.05) is 12.8 Å². The Kier molecular flexibility index (Phi) is 3.71. The summed E-state index contributed by atoms with van der Waals surface area (Å²) in [6.07, 6.45) is 0. The van der Waals surface area contributed by atoms with Crippen LogP contribution in [0.15, 0.2) is 42.5 Å². The smallest absolute Gasteiger partial charge is 0.251 e. The lowest BCUT2D eigenvalue weighted by Crippen LogP contribution is -2.18. The van der Waals surface area contributed by atoms with Crippen molar-refractivity contribution in [1.29, 1.82) is 0 Å². The predicted octanol–water partition coefficient (Wildman–Crippen LogP) is 2.73. The van der Waals surface area contributed by atoms with E-state index < -0.39 is 0 Å². The van der Waals surface area contributed by atoms with Crippen molar-refractivity contribution in [2.24, 2.45) is 0 Å². The van der Waals surface area contributed by atoms with E-state index in [9.17, 15) is 4.79 Å². The zero-order valence-electron chi connectivity index (χ0n) is 10.9. The van der Waals surface area contributed by atoms with Gasteiger partial charge in [0.25, 0.3) is 5.91 Å². The van der Waals surface area contributed by atoms with E-state index in [4.69, 9.17) is 10.5 Å². The molecule has 0 aliphatic rings. The van der Waals surface area contributed by atoms with Crippen LogP contribution in [0.4, 0.5) is 5.69 Å². The number of aryl methyl sites for hydroxylation is 1. The molecule has 2 aromatic carbocycles. The zero-order chi connectivity index (χ0) is 13.8. The monoisotopic (exact) mass is 256 g/mol. The molecule has 2 aromatic rings. The molecule has 3 N–H and O–H groups in total. The van der Waals surface area contributed by atoms with E-state index in [0.29, 0.717) is 22.7 Å². The number of nitrogen functional groups attached to an aromatic ring is 1. The van der Waals surface area contributed by atoms with Gasteiger partial charge in [0.2, 0.25) is 0 Å². The van der Waals surface area contributed by atoms with Crippen LogP contribution in [0.1, 0.15) is 15.9 Å². The molecule has 4 heteroatoms. The number of nitrogens with two attached hydrogens (primary N) is 1. The van der Waals surface area contributed by atoms with Crippen LogP contribution in [0.25, 0.3) is 0 Å². The Morgan fingerprint density at radius 2 is 1.74 bits per heavy atom. The van der Waals surface area contributed by atoms with Crippen LogP contribution < -0.4 is 15.8 Å². The molecule has 0 saturated carbocycles. The van der Waals surface area contributed by atoms with Gasteiger partial charge < -0.3 is 15.8 Å². The van der Waals surface area contributed by atoms with E-state index >= 15 is 0 Å². The second-order valence-electron chi connectivity index (χ2n) is 4.23. The number of hydrogen-bond acceptors (Lipinski definition) is 3. The summed E-state index contributed by atoms with van der Waals surface area (Å²) >= 11 is 0. The molecule has 1 amide bonds. The van der Waals surface area contributed by atoms with Gasteiger partial charge in [-0.2, -0.15) is 0 Å². The van der Waals surface area contributed by atoms with Crippen LogP contribution in [0.5, 0.6) is 11.5 Å². The van der Waals surface area contributed by atoms with Crippen LogP contribution in [-0.2, 0) is 0 Å². The minimum Gasteiger partial charge on any atom is -0.457 e. The van der Waals surface area contributed by atoms with E-state index in [-0.39, 0.29) is 5.91 Å². The topological polar surface area (TPSA) is 64.3 Å². The molecular weight excluding hydrogens is 240 g/mol. The number of carbonyl (C=O) groups excluding carboxylic acids is 1. The maximum absolute atomic E-state index is 11.7. The van der Waals surface area contributed by atoms with Crippen molar-refractivity contribution in [3.05, 3.63) is 53.6 Å².